The summed E-state index contributed by atoms with van der Waals surface area (Å²) in [4.78, 5) is 0. The van der Waals surface area contributed by atoms with Crippen LogP contribution in [0.5, 0.6) is 5.75 Å². The van der Waals surface area contributed by atoms with Gasteiger partial charge < -0.3 is 9.74 Å². The molecule has 0 bridgehead atoms. The zero-order valence-electron chi connectivity index (χ0n) is 12.1. The third-order valence-electron chi connectivity index (χ3n) is 3.58. The second kappa shape index (κ2) is 4.73. The van der Waals surface area contributed by atoms with Gasteiger partial charge in [-0.05, 0) is 42.8 Å². The summed E-state index contributed by atoms with van der Waals surface area (Å²) < 4.78 is 6.35. The van der Waals surface area contributed by atoms with Gasteiger partial charge in [-0.15, -0.1) is 0 Å². The van der Waals surface area contributed by atoms with Crippen LogP contribution in [-0.2, 0) is 0 Å². The first-order valence-corrected chi connectivity index (χ1v) is 9.05. The Morgan fingerprint density at radius 3 is 2.24 bits per heavy atom. The first-order valence-electron chi connectivity index (χ1n) is 6.15. The maximum Gasteiger partial charge on any atom is 0.250 e. The minimum Gasteiger partial charge on any atom is -0.542 e. The number of rotatable bonds is 3. The average Bonchev–Trinajstić information content (AvgIpc) is 2.15. The summed E-state index contributed by atoms with van der Waals surface area (Å²) in [7, 11) is 0.177. The predicted octanol–water partition coefficient (Wildman–Crippen LogP) is 4.42. The van der Waals surface area contributed by atoms with Gasteiger partial charge in [0.2, 0.25) is 0 Å². The van der Waals surface area contributed by atoms with E-state index in [0.717, 1.165) is 11.4 Å². The van der Waals surface area contributed by atoms with Gasteiger partial charge in [-0.1, -0.05) is 26.8 Å². The van der Waals surface area contributed by atoms with Crippen LogP contribution in [0.1, 0.15) is 26.3 Å². The van der Waals surface area contributed by atoms with E-state index < -0.39 is 8.32 Å². The van der Waals surface area contributed by atoms with Crippen LogP contribution in [0.3, 0.4) is 0 Å². The van der Waals surface area contributed by atoms with E-state index in [4.69, 9.17) is 4.43 Å². The zero-order chi connectivity index (χ0) is 13.3. The molecule has 1 aromatic rings. The third-order valence-corrected chi connectivity index (χ3v) is 7.92. The number of hydrogen-bond acceptors (Lipinski definition) is 2. The van der Waals surface area contributed by atoms with E-state index in [1.165, 1.54) is 5.56 Å². The van der Waals surface area contributed by atoms with Gasteiger partial charge in [0.25, 0.3) is 8.32 Å². The molecule has 0 atom stereocenters. The van der Waals surface area contributed by atoms with Gasteiger partial charge >= 0.3 is 0 Å². The van der Waals surface area contributed by atoms with Gasteiger partial charge in [0.15, 0.2) is 0 Å². The molecule has 0 aliphatic heterocycles. The maximum atomic E-state index is 6.35. The first-order chi connectivity index (χ1) is 7.67. The summed E-state index contributed by atoms with van der Waals surface area (Å²) in [6.07, 6.45) is 0. The van der Waals surface area contributed by atoms with Crippen molar-refractivity contribution in [2.75, 3.05) is 12.4 Å². The van der Waals surface area contributed by atoms with E-state index in [-0.39, 0.29) is 5.04 Å². The summed E-state index contributed by atoms with van der Waals surface area (Å²) in [6.45, 7) is 13.4. The molecule has 0 amide bonds. The molecule has 0 saturated heterocycles. The standard InChI is InChI=1S/C14H25NOSi/c1-11-8-9-12(15-5)13(10-11)16-17(6,7)14(2,3)4/h8-10,15H,1-7H3. The fraction of sp³-hybridized carbons (Fsp3) is 0.571. The van der Waals surface area contributed by atoms with Gasteiger partial charge in [-0.2, -0.15) is 0 Å². The SMILES string of the molecule is CNc1ccc(C)cc1O[Si](C)(C)C(C)(C)C. The topological polar surface area (TPSA) is 21.3 Å². The van der Waals surface area contributed by atoms with Gasteiger partial charge in [-0.3, -0.25) is 0 Å². The molecule has 0 heterocycles. The maximum absolute atomic E-state index is 6.35. The van der Waals surface area contributed by atoms with Crippen LogP contribution in [0.25, 0.3) is 0 Å². The van der Waals surface area contributed by atoms with Crippen molar-refractivity contribution in [1.29, 1.82) is 0 Å². The molecule has 0 aliphatic rings. The fourth-order valence-electron chi connectivity index (χ4n) is 1.35. The van der Waals surface area contributed by atoms with Crippen molar-refractivity contribution >= 4 is 14.0 Å². The van der Waals surface area contributed by atoms with Crippen LogP contribution >= 0.6 is 0 Å². The zero-order valence-corrected chi connectivity index (χ0v) is 13.1. The summed E-state index contributed by atoms with van der Waals surface area (Å²) in [5.41, 5.74) is 2.30. The Morgan fingerprint density at radius 2 is 1.76 bits per heavy atom. The minimum atomic E-state index is -1.76. The lowest BCUT2D eigenvalue weighted by Crippen LogP contribution is -2.44. The molecule has 2 nitrogen and oxygen atoms in total. The van der Waals surface area contributed by atoms with E-state index in [9.17, 15) is 0 Å². The van der Waals surface area contributed by atoms with Crippen molar-refractivity contribution in [2.45, 2.75) is 45.8 Å². The molecule has 0 saturated carbocycles. The Bertz CT molecular complexity index is 394. The number of nitrogens with one attached hydrogen (secondary N) is 1. The van der Waals surface area contributed by atoms with Crippen molar-refractivity contribution in [2.24, 2.45) is 0 Å². The molecule has 0 spiro atoms. The van der Waals surface area contributed by atoms with Crippen molar-refractivity contribution in [3.63, 3.8) is 0 Å². The fourth-order valence-corrected chi connectivity index (χ4v) is 2.37. The molecule has 0 fully saturated rings. The molecule has 1 rings (SSSR count). The van der Waals surface area contributed by atoms with Crippen LogP contribution in [0, 0.1) is 6.92 Å². The first kappa shape index (κ1) is 14.1. The molecule has 0 aliphatic carbocycles. The van der Waals surface area contributed by atoms with Crippen molar-refractivity contribution in [3.05, 3.63) is 23.8 Å². The largest absolute Gasteiger partial charge is 0.542 e. The molecule has 0 unspecified atom stereocenters. The molecule has 1 aromatic carbocycles. The van der Waals surface area contributed by atoms with E-state index in [1.807, 2.05) is 7.05 Å². The van der Waals surface area contributed by atoms with Gasteiger partial charge in [0.05, 0.1) is 5.69 Å². The molecule has 3 heteroatoms. The van der Waals surface area contributed by atoms with Crippen molar-refractivity contribution in [3.8, 4) is 5.75 Å². The quantitative estimate of drug-likeness (QED) is 0.803. The number of aryl methyl sites for hydroxylation is 1. The Morgan fingerprint density at radius 1 is 1.18 bits per heavy atom. The van der Waals surface area contributed by atoms with Crippen LogP contribution in [0.2, 0.25) is 18.1 Å². The van der Waals surface area contributed by atoms with E-state index >= 15 is 0 Å². The lowest BCUT2D eigenvalue weighted by Gasteiger charge is -2.37. The van der Waals surface area contributed by atoms with Gasteiger partial charge in [0, 0.05) is 7.05 Å². The van der Waals surface area contributed by atoms with Crippen LogP contribution in [-0.4, -0.2) is 15.4 Å². The van der Waals surface area contributed by atoms with Gasteiger partial charge in [-0.25, -0.2) is 0 Å². The highest BCUT2D eigenvalue weighted by atomic mass is 28.4. The van der Waals surface area contributed by atoms with Crippen LogP contribution in [0.15, 0.2) is 18.2 Å². The molecule has 1 N–H and O–H groups in total. The number of anilines is 1. The number of benzene rings is 1. The second-order valence-corrected chi connectivity index (χ2v) is 10.8. The highest BCUT2D eigenvalue weighted by molar-refractivity contribution is 6.74. The molecule has 96 valence electrons. The van der Waals surface area contributed by atoms with E-state index in [2.05, 4.69) is 64.3 Å². The molecule has 17 heavy (non-hydrogen) atoms. The summed E-state index contributed by atoms with van der Waals surface area (Å²) >= 11 is 0. The summed E-state index contributed by atoms with van der Waals surface area (Å²) in [5, 5.41) is 3.42. The monoisotopic (exact) mass is 251 g/mol. The average molecular weight is 251 g/mol. The third kappa shape index (κ3) is 3.25. The highest BCUT2D eigenvalue weighted by Gasteiger charge is 2.39. The lowest BCUT2D eigenvalue weighted by molar-refractivity contribution is 0.493. The van der Waals surface area contributed by atoms with E-state index in [0.29, 0.717) is 0 Å². The minimum absolute atomic E-state index is 0.224. The Balaban J connectivity index is 3.06. The number of hydrogen-bond donors (Lipinski definition) is 1. The van der Waals surface area contributed by atoms with Crippen molar-refractivity contribution < 1.29 is 4.43 Å². The Kier molecular flexibility index (Phi) is 3.92. The lowest BCUT2D eigenvalue weighted by atomic mass is 10.2. The highest BCUT2D eigenvalue weighted by Crippen LogP contribution is 2.39. The molecule has 0 aromatic heterocycles. The smallest absolute Gasteiger partial charge is 0.250 e. The summed E-state index contributed by atoms with van der Waals surface area (Å²) in [6, 6.07) is 6.30. The van der Waals surface area contributed by atoms with E-state index in [1.54, 1.807) is 0 Å². The summed E-state index contributed by atoms with van der Waals surface area (Å²) in [5.74, 6) is 0.985. The van der Waals surface area contributed by atoms with Crippen molar-refractivity contribution in [1.82, 2.24) is 0 Å². The molecular formula is C14H25NOSi. The van der Waals surface area contributed by atoms with Crippen LogP contribution < -0.4 is 9.74 Å². The molecular weight excluding hydrogens is 226 g/mol. The Labute approximate surface area is 107 Å². The second-order valence-electron chi connectivity index (χ2n) is 6.11. The van der Waals surface area contributed by atoms with Gasteiger partial charge in [0.1, 0.15) is 5.75 Å². The molecule has 0 radical (unpaired) electrons. The predicted molar refractivity (Wildman–Crippen MR) is 78.6 cm³/mol. The Hall–Kier alpha value is -0.963. The normalized spacial score (nSPS) is 12.4. The van der Waals surface area contributed by atoms with Crippen LogP contribution in [0.4, 0.5) is 5.69 Å².